The molecular formula is C22H24F2N6O. The molecule has 9 heteroatoms. The molecule has 4 N–H and O–H groups in total. The van der Waals surface area contributed by atoms with Gasteiger partial charge in [0.2, 0.25) is 5.91 Å². The maximum absolute atomic E-state index is 14.8. The lowest BCUT2D eigenvalue weighted by molar-refractivity contribution is -0.119. The Morgan fingerprint density at radius 2 is 1.94 bits per heavy atom. The van der Waals surface area contributed by atoms with Gasteiger partial charge in [-0.1, -0.05) is 12.1 Å². The van der Waals surface area contributed by atoms with Gasteiger partial charge in [-0.2, -0.15) is 5.10 Å². The third-order valence-electron chi connectivity index (χ3n) is 5.17. The molecule has 1 fully saturated rings. The van der Waals surface area contributed by atoms with Crippen molar-refractivity contribution in [3.63, 3.8) is 0 Å². The van der Waals surface area contributed by atoms with Gasteiger partial charge in [0.15, 0.2) is 17.5 Å². The van der Waals surface area contributed by atoms with E-state index in [-0.39, 0.29) is 30.1 Å². The molecule has 0 radical (unpaired) electrons. The Balaban J connectivity index is 1.59. The third-order valence-corrected chi connectivity index (χ3v) is 5.17. The summed E-state index contributed by atoms with van der Waals surface area (Å²) >= 11 is 0. The Morgan fingerprint density at radius 1 is 1.19 bits per heavy atom. The molecular weight excluding hydrogens is 402 g/mol. The summed E-state index contributed by atoms with van der Waals surface area (Å²) in [4.78, 5) is 15.8. The second-order valence-electron chi connectivity index (χ2n) is 7.76. The second-order valence-corrected chi connectivity index (χ2v) is 7.76. The molecule has 1 amide bonds. The second kappa shape index (κ2) is 8.71. The molecule has 7 nitrogen and oxygen atoms in total. The summed E-state index contributed by atoms with van der Waals surface area (Å²) in [5, 5.41) is 16.0. The van der Waals surface area contributed by atoms with Crippen LogP contribution >= 0.6 is 0 Å². The van der Waals surface area contributed by atoms with Crippen molar-refractivity contribution in [3.8, 4) is 0 Å². The molecule has 162 valence electrons. The molecule has 0 saturated heterocycles. The van der Waals surface area contributed by atoms with E-state index >= 15 is 0 Å². The van der Waals surface area contributed by atoms with E-state index in [1.807, 2.05) is 13.0 Å². The van der Waals surface area contributed by atoms with Crippen LogP contribution in [0.2, 0.25) is 0 Å². The SMILES string of the molecule is CC(=O)NCc1cc(F)c(Nc2cc(C3CC3)[nH]n2)nc1N[C@@H](C)c1ccc(F)cc1. The number of H-pyrrole nitrogens is 1. The summed E-state index contributed by atoms with van der Waals surface area (Å²) in [6.45, 7) is 3.40. The number of nitrogens with one attached hydrogen (secondary N) is 4. The van der Waals surface area contributed by atoms with E-state index in [4.69, 9.17) is 0 Å². The zero-order valence-corrected chi connectivity index (χ0v) is 17.3. The molecule has 1 saturated carbocycles. The molecule has 1 atom stereocenters. The van der Waals surface area contributed by atoms with E-state index in [2.05, 4.69) is 31.1 Å². The highest BCUT2D eigenvalue weighted by atomic mass is 19.1. The first-order chi connectivity index (χ1) is 14.9. The lowest BCUT2D eigenvalue weighted by Crippen LogP contribution is -2.21. The van der Waals surface area contributed by atoms with Gasteiger partial charge in [-0.15, -0.1) is 0 Å². The van der Waals surface area contributed by atoms with E-state index in [0.717, 1.165) is 24.1 Å². The molecule has 0 aliphatic heterocycles. The lowest BCUT2D eigenvalue weighted by atomic mass is 10.1. The first-order valence-corrected chi connectivity index (χ1v) is 10.2. The Labute approximate surface area is 178 Å². The highest BCUT2D eigenvalue weighted by Crippen LogP contribution is 2.39. The highest BCUT2D eigenvalue weighted by Gasteiger charge is 2.26. The minimum absolute atomic E-state index is 0.0224. The fourth-order valence-corrected chi connectivity index (χ4v) is 3.26. The first kappa shape index (κ1) is 20.8. The topological polar surface area (TPSA) is 94.7 Å². The van der Waals surface area contributed by atoms with E-state index in [0.29, 0.717) is 23.1 Å². The van der Waals surface area contributed by atoms with Crippen molar-refractivity contribution < 1.29 is 13.6 Å². The molecule has 2 heterocycles. The zero-order valence-electron chi connectivity index (χ0n) is 17.3. The molecule has 4 rings (SSSR count). The van der Waals surface area contributed by atoms with E-state index in [1.165, 1.54) is 25.1 Å². The van der Waals surface area contributed by atoms with Gasteiger partial charge in [0.05, 0.1) is 0 Å². The summed E-state index contributed by atoms with van der Waals surface area (Å²) in [5.74, 6) is 0.301. The van der Waals surface area contributed by atoms with Crippen molar-refractivity contribution in [2.75, 3.05) is 10.6 Å². The molecule has 0 bridgehead atoms. The van der Waals surface area contributed by atoms with Crippen molar-refractivity contribution in [1.29, 1.82) is 0 Å². The lowest BCUT2D eigenvalue weighted by Gasteiger charge is -2.19. The number of hydrogen-bond donors (Lipinski definition) is 4. The van der Waals surface area contributed by atoms with E-state index in [9.17, 15) is 13.6 Å². The number of amides is 1. The van der Waals surface area contributed by atoms with Crippen LogP contribution in [0.1, 0.15) is 55.5 Å². The van der Waals surface area contributed by atoms with E-state index in [1.54, 1.807) is 12.1 Å². The minimum atomic E-state index is -0.559. The van der Waals surface area contributed by atoms with Gasteiger partial charge in [0.25, 0.3) is 0 Å². The predicted molar refractivity (Wildman–Crippen MR) is 114 cm³/mol. The number of benzene rings is 1. The smallest absolute Gasteiger partial charge is 0.217 e. The average molecular weight is 426 g/mol. The summed E-state index contributed by atoms with van der Waals surface area (Å²) in [6, 6.07) is 9.07. The quantitative estimate of drug-likeness (QED) is 0.425. The van der Waals surface area contributed by atoms with Gasteiger partial charge in [0.1, 0.15) is 11.6 Å². The molecule has 0 spiro atoms. The maximum atomic E-state index is 14.8. The summed E-state index contributed by atoms with van der Waals surface area (Å²) < 4.78 is 28.0. The maximum Gasteiger partial charge on any atom is 0.217 e. The first-order valence-electron chi connectivity index (χ1n) is 10.2. The minimum Gasteiger partial charge on any atom is -0.363 e. The number of hydrogen-bond acceptors (Lipinski definition) is 5. The number of rotatable bonds is 8. The molecule has 0 unspecified atom stereocenters. The van der Waals surface area contributed by atoms with Crippen molar-refractivity contribution in [2.24, 2.45) is 0 Å². The largest absolute Gasteiger partial charge is 0.363 e. The monoisotopic (exact) mass is 426 g/mol. The van der Waals surface area contributed by atoms with Crippen molar-refractivity contribution >= 4 is 23.4 Å². The number of anilines is 3. The molecule has 3 aromatic rings. The van der Waals surface area contributed by atoms with Crippen LogP contribution in [0.5, 0.6) is 0 Å². The normalized spacial score (nSPS) is 14.2. The van der Waals surface area contributed by atoms with Crippen LogP contribution < -0.4 is 16.0 Å². The van der Waals surface area contributed by atoms with Gasteiger partial charge in [-0.25, -0.2) is 13.8 Å². The Kier molecular flexibility index (Phi) is 5.83. The van der Waals surface area contributed by atoms with Crippen molar-refractivity contribution in [1.82, 2.24) is 20.5 Å². The average Bonchev–Trinajstić information content (AvgIpc) is 3.48. The van der Waals surface area contributed by atoms with Crippen molar-refractivity contribution in [2.45, 2.75) is 45.2 Å². The molecule has 2 aromatic heterocycles. The Bertz CT molecular complexity index is 1080. The molecule has 31 heavy (non-hydrogen) atoms. The van der Waals surface area contributed by atoms with Gasteiger partial charge in [0, 0.05) is 42.8 Å². The van der Waals surface area contributed by atoms with Gasteiger partial charge < -0.3 is 16.0 Å². The predicted octanol–water partition coefficient (Wildman–Crippen LogP) is 4.51. The molecule has 1 aliphatic rings. The van der Waals surface area contributed by atoms with Gasteiger partial charge >= 0.3 is 0 Å². The Hall–Kier alpha value is -3.49. The third kappa shape index (κ3) is 5.17. The number of nitrogens with zero attached hydrogens (tertiary/aromatic N) is 2. The summed E-state index contributed by atoms with van der Waals surface area (Å²) in [7, 11) is 0. The van der Waals surface area contributed by atoms with Crippen LogP contribution in [0.4, 0.5) is 26.2 Å². The molecule has 1 aliphatic carbocycles. The number of aromatic amines is 1. The van der Waals surface area contributed by atoms with Crippen molar-refractivity contribution in [3.05, 3.63) is 64.9 Å². The number of aromatic nitrogens is 3. The Morgan fingerprint density at radius 3 is 2.61 bits per heavy atom. The summed E-state index contributed by atoms with van der Waals surface area (Å²) in [5.41, 5.74) is 2.36. The summed E-state index contributed by atoms with van der Waals surface area (Å²) in [6.07, 6.45) is 2.25. The van der Waals surface area contributed by atoms with Crippen LogP contribution in [0.3, 0.4) is 0 Å². The number of pyridine rings is 1. The fraction of sp³-hybridized carbons (Fsp3) is 0.318. The standard InChI is InChI=1S/C22H24F2N6O/c1-12(14-5-7-17(23)8-6-14)26-21-16(11-25-13(2)31)9-18(24)22(28-21)27-20-10-19(29-30-20)15-3-4-15/h5-10,12,15H,3-4,11H2,1-2H3,(H,25,31)(H3,26,27,28,29,30)/t12-/m0/s1. The van der Waals surface area contributed by atoms with Gasteiger partial charge in [-0.3, -0.25) is 9.89 Å². The van der Waals surface area contributed by atoms with Crippen LogP contribution in [0.25, 0.3) is 0 Å². The van der Waals surface area contributed by atoms with Crippen LogP contribution in [-0.4, -0.2) is 21.1 Å². The van der Waals surface area contributed by atoms with Crippen LogP contribution in [0, 0.1) is 11.6 Å². The van der Waals surface area contributed by atoms with E-state index < -0.39 is 5.82 Å². The van der Waals surface area contributed by atoms with Gasteiger partial charge in [-0.05, 0) is 43.5 Å². The highest BCUT2D eigenvalue weighted by molar-refractivity contribution is 5.73. The van der Waals surface area contributed by atoms with Crippen LogP contribution in [-0.2, 0) is 11.3 Å². The number of carbonyl (C=O) groups is 1. The molecule has 1 aromatic carbocycles. The fourth-order valence-electron chi connectivity index (χ4n) is 3.26. The zero-order chi connectivity index (χ0) is 22.0. The van der Waals surface area contributed by atoms with Crippen LogP contribution in [0.15, 0.2) is 36.4 Å². The number of carbonyl (C=O) groups excluding carboxylic acids is 1. The number of halogens is 2.